The number of imidazole rings is 1. The molecule has 78 valence electrons. The van der Waals surface area contributed by atoms with Crippen molar-refractivity contribution in [3.63, 3.8) is 0 Å². The minimum absolute atomic E-state index is 0.407. The molecule has 0 aliphatic heterocycles. The Morgan fingerprint density at radius 1 is 1.06 bits per heavy atom. The fourth-order valence-electron chi connectivity index (χ4n) is 1.58. The molecule has 0 radical (unpaired) electrons. The van der Waals surface area contributed by atoms with Crippen molar-refractivity contribution in [2.45, 2.75) is 0 Å². The first-order chi connectivity index (χ1) is 7.86. The van der Waals surface area contributed by atoms with Crippen molar-refractivity contribution in [2.24, 2.45) is 0 Å². The zero-order valence-electron chi connectivity index (χ0n) is 8.21. The molecule has 0 saturated carbocycles. The van der Waals surface area contributed by atoms with Crippen molar-refractivity contribution in [1.29, 1.82) is 0 Å². The Morgan fingerprint density at radius 3 is 2.69 bits per heavy atom. The van der Waals surface area contributed by atoms with Crippen LogP contribution in [-0.4, -0.2) is 19.6 Å². The van der Waals surface area contributed by atoms with Crippen molar-refractivity contribution in [3.8, 4) is 11.4 Å². The second-order valence-corrected chi connectivity index (χ2v) is 3.65. The predicted molar refractivity (Wildman–Crippen MR) is 61.2 cm³/mol. The summed E-state index contributed by atoms with van der Waals surface area (Å²) in [7, 11) is 0. The van der Waals surface area contributed by atoms with Crippen LogP contribution in [-0.2, 0) is 0 Å². The zero-order valence-corrected chi connectivity index (χ0v) is 8.96. The van der Waals surface area contributed by atoms with E-state index in [1.807, 2.05) is 30.3 Å². The third-order valence-corrected chi connectivity index (χ3v) is 2.61. The van der Waals surface area contributed by atoms with Crippen LogP contribution in [0.3, 0.4) is 0 Å². The van der Waals surface area contributed by atoms with Gasteiger partial charge in [-0.05, 0) is 0 Å². The topological polar surface area (TPSA) is 43.1 Å². The first kappa shape index (κ1) is 9.30. The van der Waals surface area contributed by atoms with Crippen LogP contribution in [0.5, 0.6) is 0 Å². The van der Waals surface area contributed by atoms with Gasteiger partial charge in [-0.25, -0.2) is 14.5 Å². The molecule has 0 atom stereocenters. The van der Waals surface area contributed by atoms with E-state index >= 15 is 0 Å². The number of aromatic nitrogens is 4. The maximum atomic E-state index is 5.95. The quantitative estimate of drug-likeness (QED) is 0.645. The molecule has 0 amide bonds. The summed E-state index contributed by atoms with van der Waals surface area (Å²) in [6, 6.07) is 9.83. The van der Waals surface area contributed by atoms with Crippen molar-refractivity contribution in [2.75, 3.05) is 0 Å². The van der Waals surface area contributed by atoms with E-state index in [1.54, 1.807) is 10.7 Å². The number of benzene rings is 1. The van der Waals surface area contributed by atoms with Crippen LogP contribution in [0.4, 0.5) is 0 Å². The van der Waals surface area contributed by atoms with Crippen LogP contribution in [0.15, 0.2) is 42.9 Å². The fraction of sp³-hybridized carbons (Fsp3) is 0. The Morgan fingerprint density at radius 2 is 1.88 bits per heavy atom. The normalized spacial score (nSPS) is 10.8. The Kier molecular flexibility index (Phi) is 2.08. The molecule has 0 aliphatic carbocycles. The molecule has 16 heavy (non-hydrogen) atoms. The number of halogens is 1. The average molecular weight is 231 g/mol. The monoisotopic (exact) mass is 230 g/mol. The lowest BCUT2D eigenvalue weighted by Gasteiger charge is -1.99. The highest BCUT2D eigenvalue weighted by Gasteiger charge is 2.09. The van der Waals surface area contributed by atoms with Gasteiger partial charge in [0.15, 0.2) is 11.0 Å². The third kappa shape index (κ3) is 1.35. The molecular formula is C11H7ClN4. The second kappa shape index (κ2) is 3.57. The van der Waals surface area contributed by atoms with Crippen molar-refractivity contribution in [3.05, 3.63) is 48.0 Å². The molecule has 0 unspecified atom stereocenters. The largest absolute Gasteiger partial charge is 0.234 e. The van der Waals surface area contributed by atoms with Gasteiger partial charge in [0.25, 0.3) is 0 Å². The van der Waals surface area contributed by atoms with E-state index in [1.165, 1.54) is 6.33 Å². The van der Waals surface area contributed by atoms with E-state index in [0.29, 0.717) is 10.7 Å². The van der Waals surface area contributed by atoms with Crippen LogP contribution in [0.2, 0.25) is 5.15 Å². The van der Waals surface area contributed by atoms with Gasteiger partial charge >= 0.3 is 0 Å². The van der Waals surface area contributed by atoms with E-state index in [9.17, 15) is 0 Å². The summed E-state index contributed by atoms with van der Waals surface area (Å²) in [6.07, 6.45) is 3.09. The smallest absolute Gasteiger partial charge is 0.161 e. The lowest BCUT2D eigenvalue weighted by Crippen LogP contribution is -1.95. The molecule has 3 rings (SSSR count). The molecular weight excluding hydrogens is 224 g/mol. The Balaban J connectivity index is 2.30. The summed E-state index contributed by atoms with van der Waals surface area (Å²) in [6.45, 7) is 0. The summed E-state index contributed by atoms with van der Waals surface area (Å²) in [5, 5.41) is 4.54. The molecule has 3 aromatic rings. The molecule has 0 fully saturated rings. The number of rotatable bonds is 1. The summed E-state index contributed by atoms with van der Waals surface area (Å²) in [5.74, 6) is 0.764. The summed E-state index contributed by atoms with van der Waals surface area (Å²) >= 11 is 5.95. The minimum atomic E-state index is 0.407. The van der Waals surface area contributed by atoms with Crippen LogP contribution < -0.4 is 0 Å². The predicted octanol–water partition coefficient (Wildman–Crippen LogP) is 2.44. The summed E-state index contributed by atoms with van der Waals surface area (Å²) in [5.41, 5.74) is 1.71. The van der Waals surface area contributed by atoms with Gasteiger partial charge in [-0.15, -0.1) is 0 Å². The van der Waals surface area contributed by atoms with Gasteiger partial charge < -0.3 is 0 Å². The van der Waals surface area contributed by atoms with Crippen LogP contribution in [0.25, 0.3) is 16.9 Å². The first-order valence-electron chi connectivity index (χ1n) is 4.76. The Hall–Kier alpha value is -1.94. The maximum Gasteiger partial charge on any atom is 0.161 e. The highest BCUT2D eigenvalue weighted by Crippen LogP contribution is 2.20. The molecule has 1 aromatic carbocycles. The Bertz CT molecular complexity index is 633. The molecule has 0 spiro atoms. The second-order valence-electron chi connectivity index (χ2n) is 3.30. The van der Waals surface area contributed by atoms with Gasteiger partial charge in [0, 0.05) is 5.56 Å². The third-order valence-electron chi connectivity index (χ3n) is 2.32. The molecule has 2 heterocycles. The van der Waals surface area contributed by atoms with Crippen LogP contribution in [0.1, 0.15) is 0 Å². The van der Waals surface area contributed by atoms with Gasteiger partial charge in [0.1, 0.15) is 11.8 Å². The van der Waals surface area contributed by atoms with Crippen LogP contribution in [0, 0.1) is 0 Å². The maximum absolute atomic E-state index is 5.95. The van der Waals surface area contributed by atoms with E-state index in [4.69, 9.17) is 11.6 Å². The number of hydrogen-bond acceptors (Lipinski definition) is 3. The lowest BCUT2D eigenvalue weighted by molar-refractivity contribution is 0.901. The van der Waals surface area contributed by atoms with E-state index in [0.717, 1.165) is 11.4 Å². The van der Waals surface area contributed by atoms with E-state index < -0.39 is 0 Å². The standard InChI is InChI=1S/C11H7ClN4/c12-10-9-6-13-11(16(9)15-7-14-10)8-4-2-1-3-5-8/h1-7H. The molecule has 4 nitrogen and oxygen atoms in total. The van der Waals surface area contributed by atoms with Gasteiger partial charge in [-0.2, -0.15) is 5.10 Å². The summed E-state index contributed by atoms with van der Waals surface area (Å²) < 4.78 is 1.69. The highest BCUT2D eigenvalue weighted by molar-refractivity contribution is 6.32. The Labute approximate surface area is 96.5 Å². The van der Waals surface area contributed by atoms with E-state index in [2.05, 4.69) is 15.1 Å². The average Bonchev–Trinajstić information content (AvgIpc) is 2.75. The van der Waals surface area contributed by atoms with Gasteiger partial charge in [0.2, 0.25) is 0 Å². The number of hydrogen-bond donors (Lipinski definition) is 0. The van der Waals surface area contributed by atoms with Crippen molar-refractivity contribution in [1.82, 2.24) is 19.6 Å². The number of nitrogens with zero attached hydrogens (tertiary/aromatic N) is 4. The van der Waals surface area contributed by atoms with Crippen molar-refractivity contribution < 1.29 is 0 Å². The van der Waals surface area contributed by atoms with E-state index in [-0.39, 0.29) is 0 Å². The lowest BCUT2D eigenvalue weighted by atomic mass is 10.2. The minimum Gasteiger partial charge on any atom is -0.234 e. The van der Waals surface area contributed by atoms with Gasteiger partial charge in [-0.1, -0.05) is 41.9 Å². The number of fused-ring (bicyclic) bond motifs is 1. The fourth-order valence-corrected chi connectivity index (χ4v) is 1.75. The van der Waals surface area contributed by atoms with Gasteiger partial charge in [-0.3, -0.25) is 0 Å². The molecule has 0 bridgehead atoms. The molecule has 5 heteroatoms. The highest BCUT2D eigenvalue weighted by atomic mass is 35.5. The zero-order chi connectivity index (χ0) is 11.0. The molecule has 0 aliphatic rings. The molecule has 2 aromatic heterocycles. The SMILES string of the molecule is Clc1ncnn2c(-c3ccccc3)ncc12. The van der Waals surface area contributed by atoms with Crippen LogP contribution >= 0.6 is 11.6 Å². The molecule has 0 saturated heterocycles. The molecule has 0 N–H and O–H groups in total. The first-order valence-corrected chi connectivity index (χ1v) is 5.14. The van der Waals surface area contributed by atoms with Crippen molar-refractivity contribution >= 4 is 17.1 Å². The van der Waals surface area contributed by atoms with Gasteiger partial charge in [0.05, 0.1) is 6.20 Å². The summed E-state index contributed by atoms with van der Waals surface area (Å²) in [4.78, 5) is 8.21.